The Labute approximate surface area is 113 Å². The van der Waals surface area contributed by atoms with Crippen LogP contribution in [0.15, 0.2) is 0 Å². The van der Waals surface area contributed by atoms with Crippen molar-refractivity contribution >= 4 is 17.8 Å². The Morgan fingerprint density at radius 3 is 2.26 bits per heavy atom. The molecule has 0 aromatic carbocycles. The smallest absolute Gasteiger partial charge is 0.326 e. The number of carbonyl (C=O) groups excluding carboxylic acids is 2. The number of carbonyl (C=O) groups is 3. The zero-order valence-corrected chi connectivity index (χ0v) is 11.9. The Balaban J connectivity index is 2.90. The van der Waals surface area contributed by atoms with Crippen LogP contribution in [0, 0.1) is 5.92 Å². The number of amides is 2. The number of likely N-dealkylation sites (tertiary alicyclic amines) is 1. The van der Waals surface area contributed by atoms with Crippen LogP contribution in [0.3, 0.4) is 0 Å². The normalized spacial score (nSPS) is 18.6. The van der Waals surface area contributed by atoms with Crippen molar-refractivity contribution in [1.82, 2.24) is 9.80 Å². The van der Waals surface area contributed by atoms with E-state index in [4.69, 9.17) is 5.11 Å². The Kier molecular flexibility index (Phi) is 4.91. The molecule has 1 aliphatic rings. The number of hydrogen-bond acceptors (Lipinski definition) is 3. The predicted molar refractivity (Wildman–Crippen MR) is 69.4 cm³/mol. The molecule has 1 N–H and O–H groups in total. The number of carboxylic acids is 1. The lowest BCUT2D eigenvalue weighted by molar-refractivity contribution is -0.153. The van der Waals surface area contributed by atoms with Crippen molar-refractivity contribution in [2.75, 3.05) is 13.6 Å². The van der Waals surface area contributed by atoms with Gasteiger partial charge in [0.25, 0.3) is 0 Å². The Bertz CT molecular complexity index is 381. The van der Waals surface area contributed by atoms with Gasteiger partial charge in [0, 0.05) is 20.0 Å². The van der Waals surface area contributed by atoms with E-state index in [-0.39, 0.29) is 17.7 Å². The summed E-state index contributed by atoms with van der Waals surface area (Å²) in [6, 6.07) is -1.46. The zero-order valence-electron chi connectivity index (χ0n) is 11.9. The molecule has 2 unspecified atom stereocenters. The number of rotatable bonds is 5. The van der Waals surface area contributed by atoms with Gasteiger partial charge in [0.1, 0.15) is 12.1 Å². The van der Waals surface area contributed by atoms with Crippen molar-refractivity contribution in [3.63, 3.8) is 0 Å². The average molecular weight is 270 g/mol. The van der Waals surface area contributed by atoms with Crippen LogP contribution in [0.4, 0.5) is 0 Å². The van der Waals surface area contributed by atoms with E-state index in [0.29, 0.717) is 13.0 Å². The summed E-state index contributed by atoms with van der Waals surface area (Å²) in [5, 5.41) is 8.96. The van der Waals surface area contributed by atoms with Crippen molar-refractivity contribution in [2.24, 2.45) is 5.92 Å². The molecule has 6 heteroatoms. The van der Waals surface area contributed by atoms with Gasteiger partial charge in [0.2, 0.25) is 11.8 Å². The van der Waals surface area contributed by atoms with E-state index in [1.165, 1.54) is 18.9 Å². The van der Waals surface area contributed by atoms with Crippen LogP contribution in [0.5, 0.6) is 0 Å². The summed E-state index contributed by atoms with van der Waals surface area (Å²) < 4.78 is 0. The van der Waals surface area contributed by atoms with E-state index in [1.54, 1.807) is 4.90 Å². The number of likely N-dealkylation sites (N-methyl/N-ethyl adjacent to an activating group) is 1. The maximum absolute atomic E-state index is 12.4. The molecule has 1 saturated heterocycles. The molecule has 0 aromatic heterocycles. The SMILES string of the molecule is CC(C)C(C(=O)N(C)C(C)C(=O)O)N1CCCC1=O. The van der Waals surface area contributed by atoms with E-state index in [1.807, 2.05) is 13.8 Å². The summed E-state index contributed by atoms with van der Waals surface area (Å²) in [5.74, 6) is -1.42. The molecule has 2 amide bonds. The van der Waals surface area contributed by atoms with Crippen LogP contribution in [-0.2, 0) is 14.4 Å². The van der Waals surface area contributed by atoms with Crippen molar-refractivity contribution in [2.45, 2.75) is 45.7 Å². The third-order valence-electron chi connectivity index (χ3n) is 3.62. The van der Waals surface area contributed by atoms with Crippen molar-refractivity contribution in [3.05, 3.63) is 0 Å². The van der Waals surface area contributed by atoms with Gasteiger partial charge in [-0.1, -0.05) is 13.8 Å². The summed E-state index contributed by atoms with van der Waals surface area (Å²) >= 11 is 0. The zero-order chi connectivity index (χ0) is 14.7. The van der Waals surface area contributed by atoms with E-state index in [2.05, 4.69) is 0 Å². The van der Waals surface area contributed by atoms with E-state index < -0.39 is 18.1 Å². The monoisotopic (exact) mass is 270 g/mol. The van der Waals surface area contributed by atoms with Gasteiger partial charge in [0.15, 0.2) is 0 Å². The summed E-state index contributed by atoms with van der Waals surface area (Å²) in [6.45, 7) is 5.77. The summed E-state index contributed by atoms with van der Waals surface area (Å²) in [7, 11) is 1.47. The third kappa shape index (κ3) is 3.24. The molecule has 108 valence electrons. The van der Waals surface area contributed by atoms with E-state index >= 15 is 0 Å². The molecular formula is C13H22N2O4. The second kappa shape index (κ2) is 6.04. The molecule has 6 nitrogen and oxygen atoms in total. The minimum atomic E-state index is -1.05. The molecule has 1 aliphatic heterocycles. The Hall–Kier alpha value is -1.59. The molecule has 0 aromatic rings. The van der Waals surface area contributed by atoms with Gasteiger partial charge in [-0.2, -0.15) is 0 Å². The second-order valence-corrected chi connectivity index (χ2v) is 5.34. The van der Waals surface area contributed by atoms with Crippen LogP contribution in [0.1, 0.15) is 33.6 Å². The number of nitrogens with zero attached hydrogens (tertiary/aromatic N) is 2. The highest BCUT2D eigenvalue weighted by atomic mass is 16.4. The lowest BCUT2D eigenvalue weighted by Crippen LogP contribution is -2.54. The summed E-state index contributed by atoms with van der Waals surface area (Å²) in [4.78, 5) is 38.0. The summed E-state index contributed by atoms with van der Waals surface area (Å²) in [6.07, 6.45) is 1.22. The van der Waals surface area contributed by atoms with Gasteiger partial charge in [-0.3, -0.25) is 9.59 Å². The fourth-order valence-corrected chi connectivity index (χ4v) is 2.31. The fraction of sp³-hybridized carbons (Fsp3) is 0.769. The molecule has 0 radical (unpaired) electrons. The number of carboxylic acid groups (broad SMARTS) is 1. The molecule has 1 rings (SSSR count). The van der Waals surface area contributed by atoms with Crippen molar-refractivity contribution in [1.29, 1.82) is 0 Å². The molecule has 1 fully saturated rings. The molecular weight excluding hydrogens is 248 g/mol. The van der Waals surface area contributed by atoms with Crippen LogP contribution in [0.25, 0.3) is 0 Å². The van der Waals surface area contributed by atoms with Gasteiger partial charge in [-0.15, -0.1) is 0 Å². The molecule has 0 aliphatic carbocycles. The maximum Gasteiger partial charge on any atom is 0.326 e. The minimum absolute atomic E-state index is 0.0246. The first-order chi connectivity index (χ1) is 8.77. The topological polar surface area (TPSA) is 77.9 Å². The first-order valence-corrected chi connectivity index (χ1v) is 6.56. The highest BCUT2D eigenvalue weighted by molar-refractivity contribution is 5.91. The maximum atomic E-state index is 12.4. The summed E-state index contributed by atoms with van der Waals surface area (Å²) in [5.41, 5.74) is 0. The van der Waals surface area contributed by atoms with Gasteiger partial charge in [0.05, 0.1) is 0 Å². The molecule has 19 heavy (non-hydrogen) atoms. The predicted octanol–water partition coefficient (Wildman–Crippen LogP) is 0.565. The molecule has 0 bridgehead atoms. The Morgan fingerprint density at radius 1 is 1.32 bits per heavy atom. The third-order valence-corrected chi connectivity index (χ3v) is 3.62. The average Bonchev–Trinajstić information content (AvgIpc) is 2.73. The van der Waals surface area contributed by atoms with E-state index in [9.17, 15) is 14.4 Å². The van der Waals surface area contributed by atoms with Crippen molar-refractivity contribution < 1.29 is 19.5 Å². The standard InChI is InChI=1S/C13H22N2O4/c1-8(2)11(15-7-5-6-10(15)16)12(17)14(4)9(3)13(18)19/h8-9,11H,5-7H2,1-4H3,(H,18,19). The lowest BCUT2D eigenvalue weighted by atomic mass is 10.0. The highest BCUT2D eigenvalue weighted by Crippen LogP contribution is 2.21. The van der Waals surface area contributed by atoms with Crippen LogP contribution in [0.2, 0.25) is 0 Å². The minimum Gasteiger partial charge on any atom is -0.480 e. The van der Waals surface area contributed by atoms with Gasteiger partial charge in [-0.05, 0) is 19.3 Å². The number of hydrogen-bond donors (Lipinski definition) is 1. The lowest BCUT2D eigenvalue weighted by Gasteiger charge is -2.34. The first-order valence-electron chi connectivity index (χ1n) is 6.56. The molecule has 0 spiro atoms. The number of aliphatic carboxylic acids is 1. The van der Waals surface area contributed by atoms with Gasteiger partial charge < -0.3 is 14.9 Å². The second-order valence-electron chi connectivity index (χ2n) is 5.34. The van der Waals surface area contributed by atoms with Crippen LogP contribution >= 0.6 is 0 Å². The molecule has 1 heterocycles. The van der Waals surface area contributed by atoms with E-state index in [0.717, 1.165) is 6.42 Å². The van der Waals surface area contributed by atoms with Gasteiger partial charge >= 0.3 is 5.97 Å². The molecule has 2 atom stereocenters. The quantitative estimate of drug-likeness (QED) is 0.792. The first kappa shape index (κ1) is 15.5. The van der Waals surface area contributed by atoms with Gasteiger partial charge in [-0.25, -0.2) is 4.79 Å². The largest absolute Gasteiger partial charge is 0.480 e. The van der Waals surface area contributed by atoms with Crippen molar-refractivity contribution in [3.8, 4) is 0 Å². The molecule has 0 saturated carbocycles. The fourth-order valence-electron chi connectivity index (χ4n) is 2.31. The Morgan fingerprint density at radius 2 is 1.89 bits per heavy atom. The van der Waals surface area contributed by atoms with Crippen LogP contribution in [-0.4, -0.2) is 58.4 Å². The van der Waals surface area contributed by atoms with Crippen LogP contribution < -0.4 is 0 Å². The highest BCUT2D eigenvalue weighted by Gasteiger charge is 2.38.